The number of aryl methyl sites for hydroxylation is 1. The van der Waals surface area contributed by atoms with Crippen molar-refractivity contribution in [1.29, 1.82) is 0 Å². The molecule has 0 unspecified atom stereocenters. The summed E-state index contributed by atoms with van der Waals surface area (Å²) in [6.07, 6.45) is -2.91. The van der Waals surface area contributed by atoms with Gasteiger partial charge in [-0.1, -0.05) is 11.3 Å². The van der Waals surface area contributed by atoms with E-state index in [4.69, 9.17) is 4.74 Å². The number of piperazine rings is 1. The van der Waals surface area contributed by atoms with E-state index in [0.29, 0.717) is 42.2 Å². The quantitative estimate of drug-likeness (QED) is 0.387. The van der Waals surface area contributed by atoms with Crippen LogP contribution in [0, 0.1) is 0 Å². The zero-order chi connectivity index (χ0) is 29.7. The van der Waals surface area contributed by atoms with Crippen molar-refractivity contribution in [2.45, 2.75) is 43.3 Å². The van der Waals surface area contributed by atoms with Crippen LogP contribution in [-0.4, -0.2) is 96.8 Å². The molecule has 13 nitrogen and oxygen atoms in total. The number of nitrogens with zero attached hydrogens (tertiary/aromatic N) is 6. The van der Waals surface area contributed by atoms with E-state index >= 15 is 0 Å². The van der Waals surface area contributed by atoms with Crippen molar-refractivity contribution in [3.05, 3.63) is 27.6 Å². The van der Waals surface area contributed by atoms with Gasteiger partial charge in [0.2, 0.25) is 15.2 Å². The molecule has 4 heterocycles. The molecule has 0 bridgehead atoms. The van der Waals surface area contributed by atoms with Gasteiger partial charge in [-0.05, 0) is 26.0 Å². The lowest BCUT2D eigenvalue weighted by molar-refractivity contribution is -0.0725. The molecular weight excluding hydrogens is 589 g/mol. The van der Waals surface area contributed by atoms with Crippen LogP contribution in [0.4, 0.5) is 23.7 Å². The number of fused-ring (bicyclic) bond motifs is 1. The molecule has 0 saturated carbocycles. The zero-order valence-electron chi connectivity index (χ0n) is 22.4. The molecule has 41 heavy (non-hydrogen) atoms. The third kappa shape index (κ3) is 5.06. The number of carbonyl (C=O) groups excluding carboxylic acids is 1. The summed E-state index contributed by atoms with van der Waals surface area (Å²) >= 11 is 0.516. The number of sulfonamides is 1. The fourth-order valence-electron chi connectivity index (χ4n) is 5.10. The van der Waals surface area contributed by atoms with Crippen molar-refractivity contribution in [1.82, 2.24) is 34.3 Å². The Morgan fingerprint density at radius 2 is 2.00 bits per heavy atom. The van der Waals surface area contributed by atoms with Crippen LogP contribution in [-0.2, 0) is 21.3 Å². The Kier molecular flexibility index (Phi) is 7.77. The number of aromatic nitrogens is 4. The summed E-state index contributed by atoms with van der Waals surface area (Å²) in [6.45, 7) is 3.39. The molecule has 18 heteroatoms. The average molecular weight is 619 g/mol. The van der Waals surface area contributed by atoms with Crippen LogP contribution in [0.1, 0.15) is 25.3 Å². The monoisotopic (exact) mass is 618 g/mol. The van der Waals surface area contributed by atoms with Gasteiger partial charge in [0.25, 0.3) is 6.43 Å². The van der Waals surface area contributed by atoms with Crippen LogP contribution in [0.5, 0.6) is 0 Å². The number of benzene rings is 1. The van der Waals surface area contributed by atoms with Crippen LogP contribution < -0.4 is 20.6 Å². The third-order valence-electron chi connectivity index (χ3n) is 7.22. The number of rotatable bonds is 8. The summed E-state index contributed by atoms with van der Waals surface area (Å²) in [5, 5.41) is 9.13. The number of anilines is 1. The third-order valence-corrected chi connectivity index (χ3v) is 9.69. The Balaban J connectivity index is 1.72. The number of hydrogen-bond acceptors (Lipinski definition) is 9. The van der Waals surface area contributed by atoms with Gasteiger partial charge in [-0.25, -0.2) is 35.7 Å². The minimum absolute atomic E-state index is 0.104. The van der Waals surface area contributed by atoms with E-state index in [0.717, 1.165) is 4.57 Å². The van der Waals surface area contributed by atoms with E-state index in [1.807, 2.05) is 11.8 Å². The predicted octanol–water partition coefficient (Wildman–Crippen LogP) is 1.47. The van der Waals surface area contributed by atoms with Crippen molar-refractivity contribution in [3.63, 3.8) is 0 Å². The lowest BCUT2D eigenvalue weighted by Crippen LogP contribution is -2.63. The van der Waals surface area contributed by atoms with Crippen LogP contribution in [0.3, 0.4) is 0 Å². The van der Waals surface area contributed by atoms with E-state index in [1.54, 1.807) is 11.8 Å². The van der Waals surface area contributed by atoms with Crippen molar-refractivity contribution in [2.75, 3.05) is 51.5 Å². The molecule has 0 radical (unpaired) electrons. The smallest absolute Gasteiger partial charge is 0.335 e. The van der Waals surface area contributed by atoms with E-state index in [1.165, 1.54) is 23.7 Å². The van der Waals surface area contributed by atoms with Gasteiger partial charge in [0.05, 0.1) is 34.8 Å². The normalized spacial score (nSPS) is 19.1. The molecule has 1 aromatic carbocycles. The minimum Gasteiger partial charge on any atom is -0.377 e. The Bertz CT molecular complexity index is 1630. The number of urea groups is 1. The van der Waals surface area contributed by atoms with Gasteiger partial charge in [-0.3, -0.25) is 4.57 Å². The van der Waals surface area contributed by atoms with Crippen LogP contribution in [0.15, 0.2) is 21.8 Å². The molecule has 2 amide bonds. The highest BCUT2D eigenvalue weighted by Crippen LogP contribution is 2.35. The highest BCUT2D eigenvalue weighted by molar-refractivity contribution is 7.89. The SMILES string of the molecule is CCn1c(=O)n(-c2nnc(C(F)F)s2)c2cc(S(=O)(=O)NC3(CF)COC3)cc(N3CCN(C(=O)NC)[C@H](C)C3)c21. The largest absolute Gasteiger partial charge is 0.377 e. The molecule has 2 saturated heterocycles. The van der Waals surface area contributed by atoms with Crippen LogP contribution in [0.2, 0.25) is 0 Å². The molecule has 1 atom stereocenters. The van der Waals surface area contributed by atoms with Crippen molar-refractivity contribution >= 4 is 44.1 Å². The fraction of sp³-hybridized carbons (Fsp3) is 0.565. The summed E-state index contributed by atoms with van der Waals surface area (Å²) < 4.78 is 77.6. The van der Waals surface area contributed by atoms with Gasteiger partial charge >= 0.3 is 11.7 Å². The number of nitrogens with one attached hydrogen (secondary N) is 2. The molecule has 5 rings (SSSR count). The number of hydrogen-bond donors (Lipinski definition) is 2. The summed E-state index contributed by atoms with van der Waals surface area (Å²) in [5.41, 5.74) is -1.19. The first-order valence-corrected chi connectivity index (χ1v) is 15.1. The lowest BCUT2D eigenvalue weighted by atomic mass is 10.0. The molecule has 2 fully saturated rings. The van der Waals surface area contributed by atoms with Gasteiger partial charge in [0.1, 0.15) is 12.2 Å². The lowest BCUT2D eigenvalue weighted by Gasteiger charge is -2.41. The van der Waals surface area contributed by atoms with Crippen LogP contribution in [0.25, 0.3) is 16.2 Å². The highest BCUT2D eigenvalue weighted by Gasteiger charge is 2.43. The number of alkyl halides is 3. The first-order valence-electron chi connectivity index (χ1n) is 12.8. The summed E-state index contributed by atoms with van der Waals surface area (Å²) in [6, 6.07) is 2.11. The van der Waals surface area contributed by atoms with Crippen molar-refractivity contribution < 1.29 is 31.1 Å². The van der Waals surface area contributed by atoms with Crippen molar-refractivity contribution in [2.24, 2.45) is 0 Å². The number of carbonyl (C=O) groups is 1. The standard InChI is InChI=1S/C23H29F3N8O5S2/c1-4-32-17-15(31-5-6-33(13(2)9-31)20(35)27-3)7-14(41(37,38)30-23(10-24)11-39-12-23)8-16(17)34(22(32)36)21-29-28-19(40-21)18(25)26/h7-8,13,18,30H,4-6,9-12H2,1-3H3,(H,27,35)/t13-/m1/s1. The Morgan fingerprint density at radius 1 is 1.27 bits per heavy atom. The van der Waals surface area contributed by atoms with Crippen molar-refractivity contribution in [3.8, 4) is 5.13 Å². The Hall–Kier alpha value is -3.22. The number of halogens is 3. The maximum atomic E-state index is 13.8. The van der Waals surface area contributed by atoms with E-state index in [-0.39, 0.29) is 47.4 Å². The molecule has 3 aromatic rings. The van der Waals surface area contributed by atoms with Crippen LogP contribution >= 0.6 is 11.3 Å². The topological polar surface area (TPSA) is 144 Å². The van der Waals surface area contributed by atoms with Gasteiger partial charge < -0.3 is 19.9 Å². The minimum atomic E-state index is -4.35. The maximum absolute atomic E-state index is 13.8. The van der Waals surface area contributed by atoms with Gasteiger partial charge in [-0.2, -0.15) is 4.72 Å². The van der Waals surface area contributed by atoms with Gasteiger partial charge in [0, 0.05) is 39.3 Å². The Labute approximate surface area is 236 Å². The summed E-state index contributed by atoms with van der Waals surface area (Å²) in [7, 11) is -2.82. The van der Waals surface area contributed by atoms with E-state index in [9.17, 15) is 31.2 Å². The highest BCUT2D eigenvalue weighted by atomic mass is 32.2. The average Bonchev–Trinajstić information content (AvgIpc) is 3.51. The first-order chi connectivity index (χ1) is 19.4. The number of amides is 2. The second-order valence-corrected chi connectivity index (χ2v) is 12.6. The molecule has 224 valence electrons. The van der Waals surface area contributed by atoms with E-state index in [2.05, 4.69) is 20.2 Å². The molecular formula is C23H29F3N8O5S2. The molecule has 2 aliphatic rings. The Morgan fingerprint density at radius 3 is 2.54 bits per heavy atom. The fourth-order valence-corrected chi connectivity index (χ4v) is 7.20. The molecule has 0 spiro atoms. The zero-order valence-corrected chi connectivity index (χ0v) is 24.1. The molecule has 2 N–H and O–H groups in total. The second kappa shape index (κ2) is 10.9. The first kappa shape index (κ1) is 29.3. The van der Waals surface area contributed by atoms with E-state index < -0.39 is 39.4 Å². The number of imidazole rings is 1. The predicted molar refractivity (Wildman–Crippen MR) is 144 cm³/mol. The maximum Gasteiger partial charge on any atom is 0.335 e. The molecule has 2 aromatic heterocycles. The number of ether oxygens (including phenoxy) is 1. The summed E-state index contributed by atoms with van der Waals surface area (Å²) in [5.74, 6) is 0. The van der Waals surface area contributed by atoms with Gasteiger partial charge in [0.15, 0.2) is 5.01 Å². The molecule has 2 aliphatic heterocycles. The van der Waals surface area contributed by atoms with Gasteiger partial charge in [-0.15, -0.1) is 10.2 Å². The second-order valence-electron chi connectivity index (χ2n) is 9.95. The molecule has 0 aliphatic carbocycles. The summed E-state index contributed by atoms with van der Waals surface area (Å²) in [4.78, 5) is 29.2.